The van der Waals surface area contributed by atoms with Crippen molar-refractivity contribution in [2.45, 2.75) is 52.2 Å². The molecule has 0 aromatic heterocycles. The summed E-state index contributed by atoms with van der Waals surface area (Å²) in [5.74, 6) is -0.111. The number of nitro groups is 1. The number of rotatable bonds is 7. The van der Waals surface area contributed by atoms with Gasteiger partial charge in [-0.25, -0.2) is 0 Å². The van der Waals surface area contributed by atoms with E-state index in [-0.39, 0.29) is 23.7 Å². The summed E-state index contributed by atoms with van der Waals surface area (Å²) in [6, 6.07) is 6.10. The van der Waals surface area contributed by atoms with E-state index in [9.17, 15) is 14.9 Å². The second kappa shape index (κ2) is 7.17. The third-order valence-corrected chi connectivity index (χ3v) is 3.53. The van der Waals surface area contributed by atoms with E-state index in [2.05, 4.69) is 10.6 Å². The number of nitrogens with zero attached hydrogens (tertiary/aromatic N) is 1. The Morgan fingerprint density at radius 2 is 2.00 bits per heavy atom. The molecule has 0 spiro atoms. The summed E-state index contributed by atoms with van der Waals surface area (Å²) in [7, 11) is 0. The molecule has 0 radical (unpaired) electrons. The van der Waals surface area contributed by atoms with E-state index in [1.807, 2.05) is 20.8 Å². The Morgan fingerprint density at radius 3 is 2.57 bits per heavy atom. The van der Waals surface area contributed by atoms with Gasteiger partial charge in [0.15, 0.2) is 0 Å². The van der Waals surface area contributed by atoms with Gasteiger partial charge in [0.05, 0.1) is 11.0 Å². The zero-order valence-electron chi connectivity index (χ0n) is 13.0. The summed E-state index contributed by atoms with van der Waals surface area (Å²) in [4.78, 5) is 22.6. The SMILES string of the molecule is CCC(C)(C)NC(=O)C(C)NCc1ccccc1[N+](=O)[O-]. The van der Waals surface area contributed by atoms with E-state index in [1.54, 1.807) is 25.1 Å². The molecule has 116 valence electrons. The number of carbonyl (C=O) groups is 1. The van der Waals surface area contributed by atoms with E-state index in [0.29, 0.717) is 5.56 Å². The standard InChI is InChI=1S/C15H23N3O3/c1-5-15(3,4)17-14(19)11(2)16-10-12-8-6-7-9-13(12)18(20)21/h6-9,11,16H,5,10H2,1-4H3,(H,17,19). The summed E-state index contributed by atoms with van der Waals surface area (Å²) < 4.78 is 0. The van der Waals surface area contributed by atoms with E-state index >= 15 is 0 Å². The molecule has 6 nitrogen and oxygen atoms in total. The first-order valence-electron chi connectivity index (χ1n) is 7.04. The van der Waals surface area contributed by atoms with Crippen molar-refractivity contribution in [3.63, 3.8) is 0 Å². The molecule has 21 heavy (non-hydrogen) atoms. The second-order valence-electron chi connectivity index (χ2n) is 5.72. The summed E-state index contributed by atoms with van der Waals surface area (Å²) >= 11 is 0. The fourth-order valence-corrected chi connectivity index (χ4v) is 1.72. The maximum Gasteiger partial charge on any atom is 0.273 e. The van der Waals surface area contributed by atoms with Gasteiger partial charge in [-0.3, -0.25) is 14.9 Å². The molecular formula is C15H23N3O3. The molecule has 0 heterocycles. The Kier molecular flexibility index (Phi) is 5.84. The van der Waals surface area contributed by atoms with Crippen LogP contribution in [0.15, 0.2) is 24.3 Å². The quantitative estimate of drug-likeness (QED) is 0.597. The monoisotopic (exact) mass is 293 g/mol. The molecule has 0 aliphatic rings. The molecule has 1 aromatic carbocycles. The lowest BCUT2D eigenvalue weighted by molar-refractivity contribution is -0.385. The highest BCUT2D eigenvalue weighted by molar-refractivity contribution is 5.81. The van der Waals surface area contributed by atoms with Crippen molar-refractivity contribution < 1.29 is 9.72 Å². The highest BCUT2D eigenvalue weighted by atomic mass is 16.6. The normalized spacial score (nSPS) is 12.8. The number of benzene rings is 1. The number of amides is 1. The van der Waals surface area contributed by atoms with Crippen LogP contribution in [-0.2, 0) is 11.3 Å². The predicted molar refractivity (Wildman–Crippen MR) is 81.9 cm³/mol. The van der Waals surface area contributed by atoms with E-state index < -0.39 is 11.0 Å². The van der Waals surface area contributed by atoms with Crippen molar-refractivity contribution in [3.8, 4) is 0 Å². The van der Waals surface area contributed by atoms with E-state index in [1.165, 1.54) is 6.07 Å². The molecule has 0 aliphatic heterocycles. The van der Waals surface area contributed by atoms with Gasteiger partial charge in [-0.1, -0.05) is 25.1 Å². The molecule has 0 bridgehead atoms. The van der Waals surface area contributed by atoms with Crippen LogP contribution in [0.25, 0.3) is 0 Å². The van der Waals surface area contributed by atoms with Gasteiger partial charge in [-0.2, -0.15) is 0 Å². The first-order chi connectivity index (χ1) is 9.76. The molecule has 6 heteroatoms. The van der Waals surface area contributed by atoms with Gasteiger partial charge in [-0.05, 0) is 27.2 Å². The Morgan fingerprint density at radius 1 is 1.38 bits per heavy atom. The first-order valence-corrected chi connectivity index (χ1v) is 7.04. The van der Waals surface area contributed by atoms with Gasteiger partial charge in [0.25, 0.3) is 5.69 Å². The first kappa shape index (κ1) is 17.1. The molecule has 0 saturated heterocycles. The largest absolute Gasteiger partial charge is 0.350 e. The third kappa shape index (κ3) is 5.15. The number of para-hydroxylation sites is 1. The van der Waals surface area contributed by atoms with Gasteiger partial charge in [0.2, 0.25) is 5.91 Å². The predicted octanol–water partition coefficient (Wildman–Crippen LogP) is 2.38. The fourth-order valence-electron chi connectivity index (χ4n) is 1.72. The summed E-state index contributed by atoms with van der Waals surface area (Å²) in [5, 5.41) is 16.9. The molecule has 1 unspecified atom stereocenters. The van der Waals surface area contributed by atoms with Crippen LogP contribution < -0.4 is 10.6 Å². The minimum atomic E-state index is -0.421. The van der Waals surface area contributed by atoms with Crippen molar-refractivity contribution in [1.82, 2.24) is 10.6 Å². The van der Waals surface area contributed by atoms with Crippen molar-refractivity contribution in [3.05, 3.63) is 39.9 Å². The van der Waals surface area contributed by atoms with Crippen LogP contribution in [0.2, 0.25) is 0 Å². The number of nitro benzene ring substituents is 1. The Bertz CT molecular complexity index is 515. The van der Waals surface area contributed by atoms with Crippen LogP contribution in [-0.4, -0.2) is 22.4 Å². The lowest BCUT2D eigenvalue weighted by atomic mass is 10.0. The van der Waals surface area contributed by atoms with Crippen molar-refractivity contribution in [1.29, 1.82) is 0 Å². The average molecular weight is 293 g/mol. The van der Waals surface area contributed by atoms with Gasteiger partial charge in [-0.15, -0.1) is 0 Å². The van der Waals surface area contributed by atoms with Gasteiger partial charge in [0, 0.05) is 23.7 Å². The van der Waals surface area contributed by atoms with Crippen LogP contribution in [0.4, 0.5) is 5.69 Å². The topological polar surface area (TPSA) is 84.3 Å². The molecule has 0 aliphatic carbocycles. The zero-order valence-corrected chi connectivity index (χ0v) is 13.0. The van der Waals surface area contributed by atoms with E-state index in [4.69, 9.17) is 0 Å². The minimum Gasteiger partial charge on any atom is -0.350 e. The maximum absolute atomic E-state index is 12.1. The molecule has 1 amide bonds. The van der Waals surface area contributed by atoms with E-state index in [0.717, 1.165) is 6.42 Å². The summed E-state index contributed by atoms with van der Waals surface area (Å²) in [5.41, 5.74) is 0.370. The van der Waals surface area contributed by atoms with Crippen LogP contribution in [0, 0.1) is 10.1 Å². The third-order valence-electron chi connectivity index (χ3n) is 3.53. The second-order valence-corrected chi connectivity index (χ2v) is 5.72. The van der Waals surface area contributed by atoms with Crippen molar-refractivity contribution in [2.24, 2.45) is 0 Å². The summed E-state index contributed by atoms with van der Waals surface area (Å²) in [6.45, 7) is 7.94. The van der Waals surface area contributed by atoms with Crippen LogP contribution in [0.5, 0.6) is 0 Å². The number of nitrogens with one attached hydrogen (secondary N) is 2. The van der Waals surface area contributed by atoms with Crippen LogP contribution in [0.1, 0.15) is 39.7 Å². The van der Waals surface area contributed by atoms with Gasteiger partial charge in [0.1, 0.15) is 0 Å². The minimum absolute atomic E-state index is 0.0616. The molecular weight excluding hydrogens is 270 g/mol. The lowest BCUT2D eigenvalue weighted by Gasteiger charge is -2.26. The average Bonchev–Trinajstić information content (AvgIpc) is 2.44. The Labute approximate surface area is 125 Å². The number of hydrogen-bond donors (Lipinski definition) is 2. The molecule has 2 N–H and O–H groups in total. The van der Waals surface area contributed by atoms with Crippen LogP contribution >= 0.6 is 0 Å². The van der Waals surface area contributed by atoms with Crippen LogP contribution in [0.3, 0.4) is 0 Å². The molecule has 0 fully saturated rings. The number of hydrogen-bond acceptors (Lipinski definition) is 4. The van der Waals surface area contributed by atoms with Gasteiger partial charge < -0.3 is 10.6 Å². The zero-order chi connectivity index (χ0) is 16.0. The van der Waals surface area contributed by atoms with Crippen molar-refractivity contribution in [2.75, 3.05) is 0 Å². The molecule has 1 atom stereocenters. The molecule has 1 rings (SSSR count). The summed E-state index contributed by atoms with van der Waals surface area (Å²) in [6.07, 6.45) is 0.829. The maximum atomic E-state index is 12.1. The Balaban J connectivity index is 2.63. The molecule has 0 saturated carbocycles. The smallest absolute Gasteiger partial charge is 0.273 e. The van der Waals surface area contributed by atoms with Gasteiger partial charge >= 0.3 is 0 Å². The lowest BCUT2D eigenvalue weighted by Crippen LogP contribution is -2.50. The Hall–Kier alpha value is -1.95. The number of carbonyl (C=O) groups excluding carboxylic acids is 1. The highest BCUT2D eigenvalue weighted by Gasteiger charge is 2.22. The highest BCUT2D eigenvalue weighted by Crippen LogP contribution is 2.17. The molecule has 1 aromatic rings. The fraction of sp³-hybridized carbons (Fsp3) is 0.533. The van der Waals surface area contributed by atoms with Crippen molar-refractivity contribution >= 4 is 11.6 Å².